The summed E-state index contributed by atoms with van der Waals surface area (Å²) in [5.41, 5.74) is 0.275. The number of rotatable bonds is 6. The number of aliphatic hydroxyl groups is 1. The smallest absolute Gasteiger partial charge is 0.359 e. The number of aliphatic hydroxyl groups excluding tert-OH is 1. The van der Waals surface area contributed by atoms with Crippen LogP contribution in [-0.4, -0.2) is 27.5 Å². The maximum absolute atomic E-state index is 12.2. The number of hydrogen-bond donors (Lipinski definition) is 1. The van der Waals surface area contributed by atoms with Crippen LogP contribution in [-0.2, 0) is 4.74 Å². The monoisotopic (exact) mass is 386 g/mol. The van der Waals surface area contributed by atoms with Crippen LogP contribution in [0, 0.1) is 0 Å². The van der Waals surface area contributed by atoms with Gasteiger partial charge in [-0.25, -0.2) is 9.48 Å². The number of esters is 1. The van der Waals surface area contributed by atoms with Crippen molar-refractivity contribution in [2.75, 3.05) is 6.61 Å². The summed E-state index contributed by atoms with van der Waals surface area (Å²) in [6.07, 6.45) is -0.989. The van der Waals surface area contributed by atoms with E-state index in [1.165, 1.54) is 11.6 Å². The van der Waals surface area contributed by atoms with E-state index in [2.05, 4.69) is 5.10 Å². The van der Waals surface area contributed by atoms with Gasteiger partial charge in [-0.1, -0.05) is 23.2 Å². The van der Waals surface area contributed by atoms with Gasteiger partial charge in [0.25, 0.3) is 0 Å². The Morgan fingerprint density at radius 1 is 1.24 bits per heavy atom. The van der Waals surface area contributed by atoms with Crippen molar-refractivity contribution in [2.45, 2.75) is 39.8 Å². The van der Waals surface area contributed by atoms with Crippen molar-refractivity contribution in [1.29, 1.82) is 0 Å². The zero-order valence-electron chi connectivity index (χ0n) is 14.4. The maximum atomic E-state index is 12.2. The number of benzene rings is 1. The molecule has 8 heteroatoms. The molecule has 0 saturated heterocycles. The predicted octanol–water partition coefficient (Wildman–Crippen LogP) is 4.79. The molecule has 0 spiro atoms. The van der Waals surface area contributed by atoms with Gasteiger partial charge in [-0.15, -0.1) is 0 Å². The van der Waals surface area contributed by atoms with E-state index in [1.54, 1.807) is 25.1 Å². The summed E-state index contributed by atoms with van der Waals surface area (Å²) in [5.74, 6) is -0.00484. The number of carbonyl (C=O) groups is 1. The van der Waals surface area contributed by atoms with Gasteiger partial charge in [0, 0.05) is 10.0 Å². The molecule has 0 radical (unpaired) electrons. The molecule has 0 amide bonds. The predicted molar refractivity (Wildman–Crippen MR) is 95.7 cm³/mol. The van der Waals surface area contributed by atoms with Crippen LogP contribution >= 0.6 is 23.2 Å². The molecule has 0 aliphatic rings. The second kappa shape index (κ2) is 8.08. The standard InChI is InChI=1S/C17H20Cl2N2O4/c1-5-24-17(23)15-14(10(4)22)16(21(20-15)9(2)3)25-13-7-11(18)6-12(19)8-13/h6-10,22H,5H2,1-4H3/t10-/m1/s1. The van der Waals surface area contributed by atoms with Crippen LogP contribution in [0.25, 0.3) is 0 Å². The molecule has 6 nitrogen and oxygen atoms in total. The third kappa shape index (κ3) is 4.45. The van der Waals surface area contributed by atoms with E-state index in [0.29, 0.717) is 15.8 Å². The van der Waals surface area contributed by atoms with E-state index in [1.807, 2.05) is 13.8 Å². The normalized spacial score (nSPS) is 12.3. The topological polar surface area (TPSA) is 73.6 Å². The van der Waals surface area contributed by atoms with E-state index in [0.717, 1.165) is 0 Å². The lowest BCUT2D eigenvalue weighted by Gasteiger charge is -2.14. The lowest BCUT2D eigenvalue weighted by atomic mass is 10.1. The Kier molecular flexibility index (Phi) is 6.32. The van der Waals surface area contributed by atoms with Crippen molar-refractivity contribution < 1.29 is 19.4 Å². The van der Waals surface area contributed by atoms with Crippen LogP contribution in [0.2, 0.25) is 10.0 Å². The molecule has 1 aromatic heterocycles. The van der Waals surface area contributed by atoms with E-state index < -0.39 is 12.1 Å². The molecule has 1 aromatic carbocycles. The first-order chi connectivity index (χ1) is 11.7. The number of halogens is 2. The van der Waals surface area contributed by atoms with Crippen molar-refractivity contribution >= 4 is 29.2 Å². The van der Waals surface area contributed by atoms with Gasteiger partial charge in [0.2, 0.25) is 5.88 Å². The molecule has 2 rings (SSSR count). The van der Waals surface area contributed by atoms with Gasteiger partial charge >= 0.3 is 5.97 Å². The third-order valence-electron chi connectivity index (χ3n) is 3.33. The summed E-state index contributed by atoms with van der Waals surface area (Å²) in [6, 6.07) is 4.63. The zero-order valence-corrected chi connectivity index (χ0v) is 15.9. The summed E-state index contributed by atoms with van der Waals surface area (Å²) < 4.78 is 12.4. The Labute approximate surface area is 156 Å². The van der Waals surface area contributed by atoms with Crippen LogP contribution in [0.1, 0.15) is 55.9 Å². The van der Waals surface area contributed by atoms with E-state index >= 15 is 0 Å². The highest BCUT2D eigenvalue weighted by molar-refractivity contribution is 6.34. The van der Waals surface area contributed by atoms with E-state index in [4.69, 9.17) is 32.7 Å². The van der Waals surface area contributed by atoms with Crippen molar-refractivity contribution in [2.24, 2.45) is 0 Å². The molecule has 0 aliphatic carbocycles. The Hall–Kier alpha value is -1.76. The molecule has 136 valence electrons. The van der Waals surface area contributed by atoms with Crippen LogP contribution < -0.4 is 4.74 Å². The van der Waals surface area contributed by atoms with Gasteiger partial charge in [-0.05, 0) is 45.9 Å². The van der Waals surface area contributed by atoms with Gasteiger partial charge in [-0.2, -0.15) is 5.10 Å². The van der Waals surface area contributed by atoms with Crippen molar-refractivity contribution in [3.8, 4) is 11.6 Å². The summed E-state index contributed by atoms with van der Waals surface area (Å²) in [6.45, 7) is 7.19. The Bertz CT molecular complexity index is 752. The molecule has 0 aliphatic heterocycles. The molecule has 1 heterocycles. The molecule has 0 saturated carbocycles. The fraction of sp³-hybridized carbons (Fsp3) is 0.412. The molecule has 25 heavy (non-hydrogen) atoms. The number of hydrogen-bond acceptors (Lipinski definition) is 5. The van der Waals surface area contributed by atoms with Crippen molar-refractivity contribution in [3.05, 3.63) is 39.5 Å². The first-order valence-electron chi connectivity index (χ1n) is 7.86. The Morgan fingerprint density at radius 3 is 2.32 bits per heavy atom. The fourth-order valence-electron chi connectivity index (χ4n) is 2.31. The number of carbonyl (C=O) groups excluding carboxylic acids is 1. The summed E-state index contributed by atoms with van der Waals surface area (Å²) >= 11 is 12.0. The highest BCUT2D eigenvalue weighted by Gasteiger charge is 2.29. The van der Waals surface area contributed by atoms with Gasteiger partial charge < -0.3 is 14.6 Å². The second-order valence-corrected chi connectivity index (χ2v) is 6.58. The minimum absolute atomic E-state index is 0.0219. The SMILES string of the molecule is CCOC(=O)c1nn(C(C)C)c(Oc2cc(Cl)cc(Cl)c2)c1[C@@H](C)O. The lowest BCUT2D eigenvalue weighted by Crippen LogP contribution is -2.10. The zero-order chi connectivity index (χ0) is 18.7. The highest BCUT2D eigenvalue weighted by Crippen LogP contribution is 2.36. The fourth-order valence-corrected chi connectivity index (χ4v) is 2.82. The van der Waals surface area contributed by atoms with Gasteiger partial charge in [0.1, 0.15) is 5.75 Å². The minimum Gasteiger partial charge on any atom is -0.461 e. The van der Waals surface area contributed by atoms with Crippen molar-refractivity contribution in [1.82, 2.24) is 9.78 Å². The molecular formula is C17H20Cl2N2O4. The average molecular weight is 387 g/mol. The molecule has 0 bridgehead atoms. The minimum atomic E-state index is -0.989. The first kappa shape index (κ1) is 19.6. The van der Waals surface area contributed by atoms with Crippen LogP contribution in [0.4, 0.5) is 0 Å². The first-order valence-corrected chi connectivity index (χ1v) is 8.61. The average Bonchev–Trinajstić information content (AvgIpc) is 2.86. The van der Waals surface area contributed by atoms with Crippen molar-refractivity contribution in [3.63, 3.8) is 0 Å². The van der Waals surface area contributed by atoms with E-state index in [-0.39, 0.29) is 29.8 Å². The Balaban J connectivity index is 2.59. The van der Waals surface area contributed by atoms with E-state index in [9.17, 15) is 9.90 Å². The molecule has 1 N–H and O–H groups in total. The Morgan fingerprint density at radius 2 is 1.84 bits per heavy atom. The highest BCUT2D eigenvalue weighted by atomic mass is 35.5. The van der Waals surface area contributed by atoms with Crippen LogP contribution in [0.5, 0.6) is 11.6 Å². The summed E-state index contributed by atoms with van der Waals surface area (Å²) in [5, 5.41) is 15.3. The molecule has 0 unspecified atom stereocenters. The van der Waals surface area contributed by atoms with Crippen LogP contribution in [0.15, 0.2) is 18.2 Å². The number of aromatic nitrogens is 2. The summed E-state index contributed by atoms with van der Waals surface area (Å²) in [7, 11) is 0. The quantitative estimate of drug-likeness (QED) is 0.722. The third-order valence-corrected chi connectivity index (χ3v) is 3.76. The summed E-state index contributed by atoms with van der Waals surface area (Å²) in [4.78, 5) is 12.2. The largest absolute Gasteiger partial charge is 0.461 e. The number of ether oxygens (including phenoxy) is 2. The molecule has 0 fully saturated rings. The van der Waals surface area contributed by atoms with Gasteiger partial charge in [0.15, 0.2) is 5.69 Å². The maximum Gasteiger partial charge on any atom is 0.359 e. The van der Waals surface area contributed by atoms with Crippen LogP contribution in [0.3, 0.4) is 0 Å². The second-order valence-electron chi connectivity index (χ2n) is 5.71. The van der Waals surface area contributed by atoms with Gasteiger partial charge in [0.05, 0.1) is 24.3 Å². The molecular weight excluding hydrogens is 367 g/mol. The van der Waals surface area contributed by atoms with Gasteiger partial charge in [-0.3, -0.25) is 0 Å². The lowest BCUT2D eigenvalue weighted by molar-refractivity contribution is 0.0512. The molecule has 1 atom stereocenters. The molecule has 2 aromatic rings. The number of nitrogens with zero attached hydrogens (tertiary/aromatic N) is 2.